The average Bonchev–Trinajstić information content (AvgIpc) is 2.03. The molecule has 12 heavy (non-hydrogen) atoms. The standard InChI is InChI=1S/C10H18N2/c1-8(2)12-6-5-9(3)7-10(12)11-4/h5-6,8-9H,7H2,1-4H3. The Morgan fingerprint density at radius 3 is 2.75 bits per heavy atom. The number of amidine groups is 1. The predicted molar refractivity (Wildman–Crippen MR) is 53.3 cm³/mol. The molecule has 2 heteroatoms. The lowest BCUT2D eigenvalue weighted by atomic mass is 10.0. The van der Waals surface area contributed by atoms with Crippen molar-refractivity contribution in [1.29, 1.82) is 0 Å². The molecule has 1 atom stereocenters. The fraction of sp³-hybridized carbons (Fsp3) is 0.700. The van der Waals surface area contributed by atoms with Crippen molar-refractivity contribution in [3.8, 4) is 0 Å². The lowest BCUT2D eigenvalue weighted by Gasteiger charge is -2.31. The van der Waals surface area contributed by atoms with Crippen molar-refractivity contribution in [3.05, 3.63) is 12.3 Å². The summed E-state index contributed by atoms with van der Waals surface area (Å²) in [6.45, 7) is 6.59. The summed E-state index contributed by atoms with van der Waals surface area (Å²) >= 11 is 0. The van der Waals surface area contributed by atoms with Gasteiger partial charge in [-0.3, -0.25) is 4.99 Å². The Balaban J connectivity index is 2.79. The van der Waals surface area contributed by atoms with E-state index in [-0.39, 0.29) is 0 Å². The molecule has 0 aromatic heterocycles. The van der Waals surface area contributed by atoms with Gasteiger partial charge in [0.05, 0.1) is 0 Å². The first kappa shape index (κ1) is 9.30. The van der Waals surface area contributed by atoms with Crippen molar-refractivity contribution in [2.75, 3.05) is 7.05 Å². The molecule has 0 amide bonds. The maximum Gasteiger partial charge on any atom is 0.103 e. The molecule has 0 saturated carbocycles. The van der Waals surface area contributed by atoms with E-state index in [1.165, 1.54) is 5.84 Å². The van der Waals surface area contributed by atoms with Gasteiger partial charge in [0.25, 0.3) is 0 Å². The van der Waals surface area contributed by atoms with Crippen LogP contribution in [0.5, 0.6) is 0 Å². The minimum Gasteiger partial charge on any atom is -0.335 e. The first-order valence-corrected chi connectivity index (χ1v) is 4.57. The largest absolute Gasteiger partial charge is 0.335 e. The molecule has 0 bridgehead atoms. The van der Waals surface area contributed by atoms with Crippen molar-refractivity contribution in [3.63, 3.8) is 0 Å². The van der Waals surface area contributed by atoms with Gasteiger partial charge in [0.2, 0.25) is 0 Å². The highest BCUT2D eigenvalue weighted by molar-refractivity contribution is 5.84. The van der Waals surface area contributed by atoms with Crippen molar-refractivity contribution >= 4 is 5.84 Å². The van der Waals surface area contributed by atoms with Gasteiger partial charge in [-0.05, 0) is 19.8 Å². The van der Waals surface area contributed by atoms with Gasteiger partial charge >= 0.3 is 0 Å². The van der Waals surface area contributed by atoms with Crippen LogP contribution in [0.15, 0.2) is 17.3 Å². The topological polar surface area (TPSA) is 15.6 Å². The van der Waals surface area contributed by atoms with Crippen LogP contribution in [0.25, 0.3) is 0 Å². The van der Waals surface area contributed by atoms with Crippen molar-refractivity contribution in [2.45, 2.75) is 33.2 Å². The molecule has 1 aliphatic rings. The zero-order valence-electron chi connectivity index (χ0n) is 8.41. The number of hydrogen-bond donors (Lipinski definition) is 0. The molecule has 0 fully saturated rings. The lowest BCUT2D eigenvalue weighted by Crippen LogP contribution is -2.35. The van der Waals surface area contributed by atoms with Crippen LogP contribution in [0.3, 0.4) is 0 Å². The Morgan fingerprint density at radius 2 is 2.25 bits per heavy atom. The third kappa shape index (κ3) is 1.87. The van der Waals surface area contributed by atoms with Gasteiger partial charge in [-0.2, -0.15) is 0 Å². The molecule has 0 spiro atoms. The minimum absolute atomic E-state index is 0.521. The van der Waals surface area contributed by atoms with Crippen molar-refractivity contribution in [2.24, 2.45) is 10.9 Å². The monoisotopic (exact) mass is 166 g/mol. The van der Waals surface area contributed by atoms with Gasteiger partial charge in [0.15, 0.2) is 0 Å². The summed E-state index contributed by atoms with van der Waals surface area (Å²) in [6.07, 6.45) is 5.47. The second-order valence-electron chi connectivity index (χ2n) is 3.66. The van der Waals surface area contributed by atoms with E-state index >= 15 is 0 Å². The number of rotatable bonds is 1. The first-order valence-electron chi connectivity index (χ1n) is 4.57. The molecule has 1 heterocycles. The molecule has 0 radical (unpaired) electrons. The summed E-state index contributed by atoms with van der Waals surface area (Å²) in [7, 11) is 1.87. The summed E-state index contributed by atoms with van der Waals surface area (Å²) in [4.78, 5) is 6.53. The summed E-state index contributed by atoms with van der Waals surface area (Å²) in [5, 5.41) is 0. The van der Waals surface area contributed by atoms with Crippen LogP contribution in [0.4, 0.5) is 0 Å². The Morgan fingerprint density at radius 1 is 1.58 bits per heavy atom. The van der Waals surface area contributed by atoms with Crippen LogP contribution in [-0.2, 0) is 0 Å². The molecule has 0 aromatic rings. The van der Waals surface area contributed by atoms with E-state index in [1.807, 2.05) is 7.05 Å². The van der Waals surface area contributed by atoms with E-state index in [2.05, 4.69) is 42.9 Å². The smallest absolute Gasteiger partial charge is 0.103 e. The highest BCUT2D eigenvalue weighted by atomic mass is 15.2. The first-order chi connectivity index (χ1) is 5.65. The molecule has 68 valence electrons. The molecule has 2 nitrogen and oxygen atoms in total. The van der Waals surface area contributed by atoms with Crippen LogP contribution in [0, 0.1) is 5.92 Å². The second kappa shape index (κ2) is 3.74. The van der Waals surface area contributed by atoms with Gasteiger partial charge in [0.1, 0.15) is 5.84 Å². The van der Waals surface area contributed by atoms with E-state index < -0.39 is 0 Å². The predicted octanol–water partition coefficient (Wildman–Crippen LogP) is 2.28. The Labute approximate surface area is 75.0 Å². The maximum absolute atomic E-state index is 4.29. The maximum atomic E-state index is 4.29. The van der Waals surface area contributed by atoms with Gasteiger partial charge in [0, 0.05) is 25.7 Å². The van der Waals surface area contributed by atoms with E-state index in [1.54, 1.807) is 0 Å². The Bertz CT molecular complexity index is 204. The van der Waals surface area contributed by atoms with Crippen LogP contribution < -0.4 is 0 Å². The highest BCUT2D eigenvalue weighted by Gasteiger charge is 2.17. The van der Waals surface area contributed by atoms with Crippen LogP contribution in [0.1, 0.15) is 27.2 Å². The number of hydrogen-bond acceptors (Lipinski definition) is 1. The summed E-state index contributed by atoms with van der Waals surface area (Å²) in [5.41, 5.74) is 0. The Kier molecular flexibility index (Phi) is 2.90. The summed E-state index contributed by atoms with van der Waals surface area (Å²) < 4.78 is 0. The zero-order chi connectivity index (χ0) is 9.14. The Hall–Kier alpha value is -0.790. The molecule has 0 N–H and O–H groups in total. The van der Waals surface area contributed by atoms with Crippen LogP contribution in [0.2, 0.25) is 0 Å². The van der Waals surface area contributed by atoms with Crippen LogP contribution >= 0.6 is 0 Å². The third-order valence-electron chi connectivity index (χ3n) is 2.19. The van der Waals surface area contributed by atoms with E-state index in [0.717, 1.165) is 6.42 Å². The second-order valence-corrected chi connectivity index (χ2v) is 3.66. The quantitative estimate of drug-likeness (QED) is 0.583. The molecule has 1 aliphatic heterocycles. The number of aliphatic imine (C=N–C) groups is 1. The number of nitrogens with zero attached hydrogens (tertiary/aromatic N) is 2. The minimum atomic E-state index is 0.521. The van der Waals surface area contributed by atoms with Gasteiger partial charge in [-0.1, -0.05) is 13.0 Å². The van der Waals surface area contributed by atoms with Gasteiger partial charge in [-0.15, -0.1) is 0 Å². The van der Waals surface area contributed by atoms with E-state index in [0.29, 0.717) is 12.0 Å². The molecule has 1 rings (SSSR count). The summed E-state index contributed by atoms with van der Waals surface area (Å²) in [5.74, 6) is 1.85. The van der Waals surface area contributed by atoms with E-state index in [9.17, 15) is 0 Å². The fourth-order valence-corrected chi connectivity index (χ4v) is 1.46. The lowest BCUT2D eigenvalue weighted by molar-refractivity contribution is 0.425. The van der Waals surface area contributed by atoms with Crippen molar-refractivity contribution < 1.29 is 0 Å². The average molecular weight is 166 g/mol. The van der Waals surface area contributed by atoms with E-state index in [4.69, 9.17) is 0 Å². The molecule has 1 unspecified atom stereocenters. The summed E-state index contributed by atoms with van der Waals surface area (Å²) in [6, 6.07) is 0.521. The molecule has 0 aliphatic carbocycles. The zero-order valence-corrected chi connectivity index (χ0v) is 8.41. The number of allylic oxidation sites excluding steroid dienone is 1. The normalized spacial score (nSPS) is 27.2. The highest BCUT2D eigenvalue weighted by Crippen LogP contribution is 2.17. The SMILES string of the molecule is CN=C1CC(C)C=CN1C(C)C. The molecule has 0 saturated heterocycles. The molecular formula is C10H18N2. The van der Waals surface area contributed by atoms with Gasteiger partial charge in [-0.25, -0.2) is 0 Å². The van der Waals surface area contributed by atoms with Crippen LogP contribution in [-0.4, -0.2) is 23.8 Å². The molecular weight excluding hydrogens is 148 g/mol. The van der Waals surface area contributed by atoms with Crippen molar-refractivity contribution in [1.82, 2.24) is 4.90 Å². The third-order valence-corrected chi connectivity index (χ3v) is 2.19. The fourth-order valence-electron chi connectivity index (χ4n) is 1.46. The molecule has 0 aromatic carbocycles. The van der Waals surface area contributed by atoms with Gasteiger partial charge < -0.3 is 4.90 Å².